The molecular formula is C42H53N7O9PS+. The first-order valence-corrected chi connectivity index (χ1v) is 22.7. The van der Waals surface area contributed by atoms with Crippen LogP contribution in [0, 0.1) is 0 Å². The van der Waals surface area contributed by atoms with Crippen molar-refractivity contribution in [3.05, 3.63) is 110 Å². The Kier molecular flexibility index (Phi) is 15.3. The number of aromatic amines is 1. The molecule has 6 rings (SSSR count). The number of rotatable bonds is 19. The quantitative estimate of drug-likeness (QED) is 0.0465. The highest BCUT2D eigenvalue weighted by Crippen LogP contribution is 2.47. The minimum atomic E-state index is -3.86. The van der Waals surface area contributed by atoms with Crippen LogP contribution in [0.25, 0.3) is 23.1 Å². The highest BCUT2D eigenvalue weighted by Gasteiger charge is 2.40. The fourth-order valence-electron chi connectivity index (χ4n) is 7.15. The summed E-state index contributed by atoms with van der Waals surface area (Å²) in [6, 6.07) is 19.0. The standard InChI is InChI=1S/C42H52N7O9PS/c1-46(24-20-44-38(51)17-16-30-27-49(42(53)45-41(30)52)39-26-34(58-59(4,54)55)35(57-39)28-56-3)23-19-43-37(50)15-9-10-21-48-33-13-7-8-14-36(33)60-40(48)25-29-18-22-47(2)32-12-6-5-11-31(29)32/h5-8,11-14,16-18,22,25,27,34-35,39H,9-10,15,19-21,23-24,26,28H2,1-4H3,(H3-,43,44,45,50,51,52,53,54,55)/p+1. The lowest BCUT2D eigenvalue weighted by atomic mass is 10.1. The zero-order valence-electron chi connectivity index (χ0n) is 34.2. The van der Waals surface area contributed by atoms with Crippen molar-refractivity contribution in [3.8, 4) is 0 Å². The number of benzene rings is 2. The number of anilines is 1. The molecule has 1 fully saturated rings. The van der Waals surface area contributed by atoms with Crippen LogP contribution < -0.4 is 31.3 Å². The lowest BCUT2D eigenvalue weighted by Crippen LogP contribution is -2.37. The van der Waals surface area contributed by atoms with Crippen molar-refractivity contribution < 1.29 is 37.6 Å². The molecule has 4 heterocycles. The zero-order valence-corrected chi connectivity index (χ0v) is 36.0. The van der Waals surface area contributed by atoms with Crippen LogP contribution in [-0.2, 0) is 35.2 Å². The highest BCUT2D eigenvalue weighted by molar-refractivity contribution is 8.03. The molecule has 2 amide bonds. The van der Waals surface area contributed by atoms with E-state index in [1.807, 2.05) is 11.9 Å². The van der Waals surface area contributed by atoms with E-state index in [4.69, 9.17) is 14.0 Å². The minimum Gasteiger partial charge on any atom is -0.382 e. The third kappa shape index (κ3) is 11.9. The van der Waals surface area contributed by atoms with Gasteiger partial charge in [0.25, 0.3) is 5.56 Å². The number of carbonyl (C=O) groups excluding carboxylic acids is 2. The predicted octanol–water partition coefficient (Wildman–Crippen LogP) is 3.61. The SMILES string of the molecule is COCC1OC(n2cc(C=CC(=O)NCCN(C)CCNC(=O)CCCCN3C(=Cc4cc[n+](C)c5ccccc45)Sc4ccccc43)c(=O)[nH]c2=O)CC1OP(C)(=O)O. The van der Waals surface area contributed by atoms with E-state index in [1.54, 1.807) is 11.8 Å². The molecule has 60 heavy (non-hydrogen) atoms. The first-order chi connectivity index (χ1) is 28.8. The van der Waals surface area contributed by atoms with Gasteiger partial charge < -0.3 is 39.3 Å². The number of amides is 2. The van der Waals surface area contributed by atoms with Gasteiger partial charge in [0.2, 0.25) is 17.3 Å². The van der Waals surface area contributed by atoms with Gasteiger partial charge in [0.1, 0.15) is 19.4 Å². The van der Waals surface area contributed by atoms with Crippen LogP contribution in [0.1, 0.15) is 43.0 Å². The van der Waals surface area contributed by atoms with E-state index in [-0.39, 0.29) is 24.5 Å². The minimum absolute atomic E-state index is 0.00174. The molecule has 16 nitrogen and oxygen atoms in total. The van der Waals surface area contributed by atoms with Crippen molar-refractivity contribution in [3.63, 3.8) is 0 Å². The van der Waals surface area contributed by atoms with E-state index in [2.05, 4.69) is 99.0 Å². The van der Waals surface area contributed by atoms with E-state index in [9.17, 15) is 28.6 Å². The Bertz CT molecular complexity index is 2400. The maximum absolute atomic E-state index is 12.7. The van der Waals surface area contributed by atoms with Crippen LogP contribution in [0.2, 0.25) is 0 Å². The number of fused-ring (bicyclic) bond motifs is 2. The number of likely N-dealkylation sites (N-methyl/N-ethyl adjacent to an activating group) is 1. The molecule has 0 aliphatic carbocycles. The van der Waals surface area contributed by atoms with Gasteiger partial charge in [-0.3, -0.25) is 28.5 Å². The zero-order chi connectivity index (χ0) is 42.8. The molecule has 0 saturated carbocycles. The molecule has 4 unspecified atom stereocenters. The van der Waals surface area contributed by atoms with E-state index in [0.717, 1.165) is 30.6 Å². The van der Waals surface area contributed by atoms with E-state index < -0.39 is 43.2 Å². The van der Waals surface area contributed by atoms with Gasteiger partial charge in [-0.25, -0.2) is 9.36 Å². The largest absolute Gasteiger partial charge is 0.382 e. The molecule has 18 heteroatoms. The summed E-state index contributed by atoms with van der Waals surface area (Å²) >= 11 is 1.77. The molecule has 2 aliphatic heterocycles. The highest BCUT2D eigenvalue weighted by atomic mass is 32.2. The number of unbranched alkanes of at least 4 members (excludes halogenated alkanes) is 1. The third-order valence-electron chi connectivity index (χ3n) is 10.2. The van der Waals surface area contributed by atoms with Crippen LogP contribution >= 0.6 is 19.4 Å². The summed E-state index contributed by atoms with van der Waals surface area (Å²) in [6.07, 6.45) is 7.72. The average molecular weight is 863 g/mol. The number of H-pyrrole nitrogens is 1. The predicted molar refractivity (Wildman–Crippen MR) is 231 cm³/mol. The molecule has 4 N–H and O–H groups in total. The number of aryl methyl sites for hydroxylation is 1. The normalized spacial score (nSPS) is 19.3. The van der Waals surface area contributed by atoms with Crippen molar-refractivity contribution in [1.29, 1.82) is 0 Å². The van der Waals surface area contributed by atoms with Gasteiger partial charge in [-0.05, 0) is 55.8 Å². The summed E-state index contributed by atoms with van der Waals surface area (Å²) < 4.78 is 31.4. The molecular weight excluding hydrogens is 810 g/mol. The fourth-order valence-corrected chi connectivity index (χ4v) is 9.02. The number of methoxy groups -OCH3 is 1. The lowest BCUT2D eigenvalue weighted by Gasteiger charge is -2.21. The Labute approximate surface area is 352 Å². The van der Waals surface area contributed by atoms with Crippen LogP contribution in [0.5, 0.6) is 0 Å². The average Bonchev–Trinajstić information content (AvgIpc) is 3.76. The van der Waals surface area contributed by atoms with Gasteiger partial charge in [-0.2, -0.15) is 0 Å². The summed E-state index contributed by atoms with van der Waals surface area (Å²) in [5.41, 5.74) is 2.12. The van der Waals surface area contributed by atoms with Gasteiger partial charge in [-0.1, -0.05) is 36.0 Å². The number of hydrogen-bond donors (Lipinski definition) is 4. The number of para-hydroxylation sites is 2. The van der Waals surface area contributed by atoms with Gasteiger partial charge >= 0.3 is 13.3 Å². The topological polar surface area (TPSA) is 188 Å². The van der Waals surface area contributed by atoms with Crippen molar-refractivity contribution in [1.82, 2.24) is 25.1 Å². The molecule has 0 bridgehead atoms. The number of pyridine rings is 1. The summed E-state index contributed by atoms with van der Waals surface area (Å²) in [7, 11) is 1.53. The number of nitrogens with one attached hydrogen (secondary N) is 3. The lowest BCUT2D eigenvalue weighted by molar-refractivity contribution is -0.644. The molecule has 0 radical (unpaired) electrons. The van der Waals surface area contributed by atoms with E-state index in [0.29, 0.717) is 32.6 Å². The molecule has 2 aromatic carbocycles. The summed E-state index contributed by atoms with van der Waals surface area (Å²) in [5.74, 6) is -0.444. The first kappa shape index (κ1) is 44.7. The fraction of sp³-hybridized carbons (Fsp3) is 0.405. The van der Waals surface area contributed by atoms with Gasteiger partial charge in [0.15, 0.2) is 6.20 Å². The summed E-state index contributed by atoms with van der Waals surface area (Å²) in [6.45, 7) is 3.81. The Morgan fingerprint density at radius 1 is 1.08 bits per heavy atom. The molecule has 2 aromatic heterocycles. The van der Waals surface area contributed by atoms with Crippen LogP contribution in [-0.4, -0.2) is 104 Å². The Hall–Kier alpha value is -4.87. The Balaban J connectivity index is 0.907. The first-order valence-electron chi connectivity index (χ1n) is 19.8. The number of nitrogens with zero attached hydrogens (tertiary/aromatic N) is 4. The number of hydrogen-bond acceptors (Lipinski definition) is 11. The maximum atomic E-state index is 12.7. The van der Waals surface area contributed by atoms with Crippen molar-refractivity contribution in [2.45, 2.75) is 49.0 Å². The van der Waals surface area contributed by atoms with Crippen molar-refractivity contribution in [2.75, 3.05) is 65.1 Å². The van der Waals surface area contributed by atoms with E-state index >= 15 is 0 Å². The molecule has 4 atom stereocenters. The Morgan fingerprint density at radius 3 is 2.62 bits per heavy atom. The third-order valence-corrected chi connectivity index (χ3v) is 12.0. The molecule has 1 saturated heterocycles. The van der Waals surface area contributed by atoms with Crippen molar-refractivity contribution in [2.24, 2.45) is 7.05 Å². The molecule has 4 aromatic rings. The maximum Gasteiger partial charge on any atom is 0.330 e. The summed E-state index contributed by atoms with van der Waals surface area (Å²) in [5, 5.41) is 8.13. The molecule has 2 aliphatic rings. The van der Waals surface area contributed by atoms with Crippen LogP contribution in [0.15, 0.2) is 92.6 Å². The van der Waals surface area contributed by atoms with Crippen molar-refractivity contribution >= 4 is 59.9 Å². The van der Waals surface area contributed by atoms with Gasteiger partial charge in [0, 0.05) is 88.6 Å². The van der Waals surface area contributed by atoms with Crippen LogP contribution in [0.4, 0.5) is 5.69 Å². The van der Waals surface area contributed by atoms with Crippen LogP contribution in [0.3, 0.4) is 0 Å². The number of aromatic nitrogens is 3. The summed E-state index contributed by atoms with van der Waals surface area (Å²) in [4.78, 5) is 67.9. The Morgan fingerprint density at radius 2 is 1.83 bits per heavy atom. The number of ether oxygens (including phenoxy) is 2. The monoisotopic (exact) mass is 862 g/mol. The van der Waals surface area contributed by atoms with Gasteiger partial charge in [-0.15, -0.1) is 0 Å². The second kappa shape index (κ2) is 20.6. The number of thioether (sulfide) groups is 1. The molecule has 320 valence electrons. The van der Waals surface area contributed by atoms with E-state index in [1.165, 1.54) is 57.5 Å². The second-order valence-corrected chi connectivity index (χ2v) is 17.7. The molecule has 0 spiro atoms. The number of carbonyl (C=O) groups is 2. The smallest absolute Gasteiger partial charge is 0.330 e. The van der Waals surface area contributed by atoms with Gasteiger partial charge in [0.05, 0.1) is 34.4 Å². The second-order valence-electron chi connectivity index (χ2n) is 14.9.